The summed E-state index contributed by atoms with van der Waals surface area (Å²) in [6.45, 7) is 0.151. The van der Waals surface area contributed by atoms with Crippen LogP contribution in [0.25, 0.3) is 0 Å². The fourth-order valence-electron chi connectivity index (χ4n) is 2.18. The lowest BCUT2D eigenvalue weighted by Gasteiger charge is -2.11. The van der Waals surface area contributed by atoms with E-state index in [9.17, 15) is 19.3 Å². The fraction of sp³-hybridized carbons (Fsp3) is 0.188. The van der Waals surface area contributed by atoms with E-state index in [-0.39, 0.29) is 17.8 Å². The zero-order valence-corrected chi connectivity index (χ0v) is 13.0. The molecule has 0 spiro atoms. The van der Waals surface area contributed by atoms with Crippen molar-refractivity contribution in [1.29, 1.82) is 0 Å². The number of hydrogen-bond acceptors (Lipinski definition) is 6. The highest BCUT2D eigenvalue weighted by atomic mass is 19.1. The Morgan fingerprint density at radius 3 is 2.67 bits per heavy atom. The second-order valence-corrected chi connectivity index (χ2v) is 4.77. The minimum Gasteiger partial charge on any atom is -0.496 e. The van der Waals surface area contributed by atoms with Crippen LogP contribution in [0.2, 0.25) is 0 Å². The number of esters is 1. The number of nitro benzene ring substituents is 1. The van der Waals surface area contributed by atoms with E-state index in [1.54, 1.807) is 18.2 Å². The lowest BCUT2D eigenvalue weighted by atomic mass is 10.1. The lowest BCUT2D eigenvalue weighted by molar-refractivity contribution is -0.386. The number of hydrogen-bond donors (Lipinski definition) is 1. The summed E-state index contributed by atoms with van der Waals surface area (Å²) in [6, 6.07) is 8.62. The van der Waals surface area contributed by atoms with Gasteiger partial charge in [-0.25, -0.2) is 4.79 Å². The molecule has 0 aliphatic rings. The highest BCUT2D eigenvalue weighted by Gasteiger charge is 2.20. The van der Waals surface area contributed by atoms with Crippen molar-refractivity contribution in [2.75, 3.05) is 19.5 Å². The molecule has 0 bridgehead atoms. The van der Waals surface area contributed by atoms with Gasteiger partial charge in [0.2, 0.25) is 5.82 Å². The predicted molar refractivity (Wildman–Crippen MR) is 84.7 cm³/mol. The molecule has 0 radical (unpaired) electrons. The molecule has 7 nitrogen and oxygen atoms in total. The van der Waals surface area contributed by atoms with Gasteiger partial charge in [-0.1, -0.05) is 12.1 Å². The van der Waals surface area contributed by atoms with E-state index < -0.39 is 22.4 Å². The van der Waals surface area contributed by atoms with Gasteiger partial charge in [0.1, 0.15) is 17.0 Å². The van der Waals surface area contributed by atoms with Gasteiger partial charge in [0, 0.05) is 6.54 Å². The van der Waals surface area contributed by atoms with Gasteiger partial charge in [-0.05, 0) is 29.8 Å². The summed E-state index contributed by atoms with van der Waals surface area (Å²) >= 11 is 0. The maximum Gasteiger partial charge on any atom is 0.341 e. The molecule has 0 amide bonds. The molecule has 2 aromatic carbocycles. The van der Waals surface area contributed by atoms with E-state index in [1.165, 1.54) is 26.4 Å². The molecule has 0 unspecified atom stereocenters. The summed E-state index contributed by atoms with van der Waals surface area (Å²) < 4.78 is 23.4. The van der Waals surface area contributed by atoms with Crippen molar-refractivity contribution < 1.29 is 23.6 Å². The molecular weight excluding hydrogens is 319 g/mol. The van der Waals surface area contributed by atoms with Crippen molar-refractivity contribution in [1.82, 2.24) is 0 Å². The van der Waals surface area contributed by atoms with Crippen LogP contribution in [0.5, 0.6) is 5.75 Å². The first kappa shape index (κ1) is 17.2. The monoisotopic (exact) mass is 334 g/mol. The second kappa shape index (κ2) is 7.40. The SMILES string of the molecule is COC(=O)c1cc(CNc2cccc(F)c2[N+](=O)[O-])ccc1OC. The van der Waals surface area contributed by atoms with Crippen LogP contribution >= 0.6 is 0 Å². The molecule has 8 heteroatoms. The van der Waals surface area contributed by atoms with E-state index >= 15 is 0 Å². The smallest absolute Gasteiger partial charge is 0.341 e. The first-order valence-electron chi connectivity index (χ1n) is 6.90. The highest BCUT2D eigenvalue weighted by Crippen LogP contribution is 2.28. The van der Waals surface area contributed by atoms with Gasteiger partial charge < -0.3 is 14.8 Å². The zero-order valence-electron chi connectivity index (χ0n) is 13.0. The Labute approximate surface area is 137 Å². The normalized spacial score (nSPS) is 10.1. The number of ether oxygens (including phenoxy) is 2. The van der Waals surface area contributed by atoms with Crippen LogP contribution in [-0.4, -0.2) is 25.1 Å². The number of nitrogens with zero attached hydrogens (tertiary/aromatic N) is 1. The van der Waals surface area contributed by atoms with Gasteiger partial charge in [-0.15, -0.1) is 0 Å². The Morgan fingerprint density at radius 1 is 1.29 bits per heavy atom. The number of anilines is 1. The topological polar surface area (TPSA) is 90.7 Å². The highest BCUT2D eigenvalue weighted by molar-refractivity contribution is 5.92. The quantitative estimate of drug-likeness (QED) is 0.496. The van der Waals surface area contributed by atoms with Crippen LogP contribution in [-0.2, 0) is 11.3 Å². The number of halogens is 1. The first-order valence-corrected chi connectivity index (χ1v) is 6.90. The van der Waals surface area contributed by atoms with Crippen LogP contribution < -0.4 is 10.1 Å². The average Bonchev–Trinajstić information content (AvgIpc) is 2.58. The minimum atomic E-state index is -0.921. The molecule has 0 aliphatic carbocycles. The number of rotatable bonds is 6. The third-order valence-corrected chi connectivity index (χ3v) is 3.32. The third kappa shape index (κ3) is 3.60. The summed E-state index contributed by atoms with van der Waals surface area (Å²) in [4.78, 5) is 21.9. The van der Waals surface area contributed by atoms with Gasteiger partial charge in [0.05, 0.1) is 19.1 Å². The molecule has 2 aromatic rings. The molecule has 0 aromatic heterocycles. The second-order valence-electron chi connectivity index (χ2n) is 4.77. The average molecular weight is 334 g/mol. The van der Waals surface area contributed by atoms with Crippen molar-refractivity contribution in [3.8, 4) is 5.75 Å². The van der Waals surface area contributed by atoms with Gasteiger partial charge in [0.25, 0.3) is 0 Å². The molecule has 0 atom stereocenters. The summed E-state index contributed by atoms with van der Waals surface area (Å²) in [5, 5.41) is 13.8. The summed E-state index contributed by atoms with van der Waals surface area (Å²) in [5.41, 5.74) is 0.303. The molecule has 0 aliphatic heterocycles. The van der Waals surface area contributed by atoms with Crippen LogP contribution in [0, 0.1) is 15.9 Å². The number of carbonyl (C=O) groups excluding carboxylic acids is 1. The van der Waals surface area contributed by atoms with Gasteiger partial charge in [0.15, 0.2) is 0 Å². The molecule has 0 fully saturated rings. The number of nitro groups is 1. The van der Waals surface area contributed by atoms with E-state index in [0.717, 1.165) is 6.07 Å². The van der Waals surface area contributed by atoms with E-state index in [2.05, 4.69) is 10.1 Å². The Balaban J connectivity index is 2.26. The number of carbonyl (C=O) groups is 1. The summed E-state index contributed by atoms with van der Waals surface area (Å²) in [5.74, 6) is -1.14. The molecular formula is C16H15FN2O5. The Kier molecular flexibility index (Phi) is 5.31. The van der Waals surface area contributed by atoms with Gasteiger partial charge in [-0.2, -0.15) is 4.39 Å². The maximum atomic E-state index is 13.6. The molecule has 24 heavy (non-hydrogen) atoms. The molecule has 1 N–H and O–H groups in total. The Hall–Kier alpha value is -3.16. The Bertz CT molecular complexity index is 779. The van der Waals surface area contributed by atoms with E-state index in [4.69, 9.17) is 4.74 Å². The van der Waals surface area contributed by atoms with Crippen LogP contribution in [0.1, 0.15) is 15.9 Å². The third-order valence-electron chi connectivity index (χ3n) is 3.32. The molecule has 0 saturated carbocycles. The maximum absolute atomic E-state index is 13.6. The number of methoxy groups -OCH3 is 2. The van der Waals surface area contributed by atoms with Crippen LogP contribution in [0.15, 0.2) is 36.4 Å². The van der Waals surface area contributed by atoms with Crippen LogP contribution in [0.3, 0.4) is 0 Å². The molecule has 0 saturated heterocycles. The fourth-order valence-corrected chi connectivity index (χ4v) is 2.18. The molecule has 2 rings (SSSR count). The standard InChI is InChI=1S/C16H15FN2O5/c1-23-14-7-6-10(8-11(14)16(20)24-2)9-18-13-5-3-4-12(17)15(13)19(21)22/h3-8,18H,9H2,1-2H3. The van der Waals surface area contributed by atoms with Crippen molar-refractivity contribution in [3.05, 3.63) is 63.5 Å². The number of para-hydroxylation sites is 1. The predicted octanol–water partition coefficient (Wildman–Crippen LogP) is 3.14. The molecule has 0 heterocycles. The lowest BCUT2D eigenvalue weighted by Crippen LogP contribution is -2.07. The molecule has 126 valence electrons. The Morgan fingerprint density at radius 2 is 2.04 bits per heavy atom. The van der Waals surface area contributed by atoms with E-state index in [1.807, 2.05) is 0 Å². The van der Waals surface area contributed by atoms with Crippen molar-refractivity contribution in [3.63, 3.8) is 0 Å². The van der Waals surface area contributed by atoms with Crippen molar-refractivity contribution >= 4 is 17.3 Å². The van der Waals surface area contributed by atoms with E-state index in [0.29, 0.717) is 11.3 Å². The zero-order chi connectivity index (χ0) is 17.7. The minimum absolute atomic E-state index is 0.0513. The number of nitrogens with one attached hydrogen (secondary N) is 1. The van der Waals surface area contributed by atoms with Gasteiger partial charge >= 0.3 is 11.7 Å². The number of benzene rings is 2. The first-order chi connectivity index (χ1) is 11.5. The summed E-state index contributed by atoms with van der Waals surface area (Å²) in [7, 11) is 2.68. The summed E-state index contributed by atoms with van der Waals surface area (Å²) in [6.07, 6.45) is 0. The van der Waals surface area contributed by atoms with Gasteiger partial charge in [-0.3, -0.25) is 10.1 Å². The van der Waals surface area contributed by atoms with Crippen molar-refractivity contribution in [2.45, 2.75) is 6.54 Å². The largest absolute Gasteiger partial charge is 0.496 e. The van der Waals surface area contributed by atoms with Crippen molar-refractivity contribution in [2.24, 2.45) is 0 Å². The van der Waals surface area contributed by atoms with Crippen LogP contribution in [0.4, 0.5) is 15.8 Å².